The van der Waals surface area contributed by atoms with E-state index in [0.29, 0.717) is 16.6 Å². The van der Waals surface area contributed by atoms with Crippen LogP contribution in [0.25, 0.3) is 10.9 Å². The van der Waals surface area contributed by atoms with Gasteiger partial charge in [0.1, 0.15) is 5.82 Å². The van der Waals surface area contributed by atoms with E-state index in [4.69, 9.17) is 11.6 Å². The van der Waals surface area contributed by atoms with Crippen LogP contribution in [-0.2, 0) is 11.3 Å². The first-order valence-corrected chi connectivity index (χ1v) is 8.03. The number of halogens is 2. The molecule has 3 aromatic rings. The Labute approximate surface area is 148 Å². The number of carbonyl (C=O) groups excluding carboxylic acids is 1. The minimum Gasteiger partial charge on any atom is -0.325 e. The molecule has 1 N–H and O–H groups in total. The monoisotopic (exact) mass is 359 g/mol. The zero-order chi connectivity index (χ0) is 18.0. The lowest BCUT2D eigenvalue weighted by molar-refractivity contribution is -0.116. The van der Waals surface area contributed by atoms with Crippen LogP contribution in [0.5, 0.6) is 0 Å². The molecule has 0 bridgehead atoms. The Balaban J connectivity index is 1.73. The molecule has 1 amide bonds. The van der Waals surface area contributed by atoms with Gasteiger partial charge in [0.2, 0.25) is 5.91 Å². The van der Waals surface area contributed by atoms with E-state index in [-0.39, 0.29) is 29.5 Å². The van der Waals surface area contributed by atoms with Gasteiger partial charge in [-0.15, -0.1) is 0 Å². The third-order valence-corrected chi connectivity index (χ3v) is 4.15. The van der Waals surface area contributed by atoms with E-state index in [0.717, 1.165) is 11.6 Å². The van der Waals surface area contributed by atoms with Crippen LogP contribution < -0.4 is 10.9 Å². The number of amides is 1. The van der Waals surface area contributed by atoms with Crippen molar-refractivity contribution in [2.75, 3.05) is 5.32 Å². The Morgan fingerprint density at radius 1 is 1.32 bits per heavy atom. The summed E-state index contributed by atoms with van der Waals surface area (Å²) in [5.41, 5.74) is 1.71. The van der Waals surface area contributed by atoms with E-state index in [1.807, 2.05) is 13.0 Å². The summed E-state index contributed by atoms with van der Waals surface area (Å²) >= 11 is 5.88. The normalized spacial score (nSPS) is 10.8. The first-order valence-electron chi connectivity index (χ1n) is 7.65. The van der Waals surface area contributed by atoms with Crippen LogP contribution in [0.3, 0.4) is 0 Å². The van der Waals surface area contributed by atoms with E-state index in [9.17, 15) is 14.0 Å². The highest BCUT2D eigenvalue weighted by molar-refractivity contribution is 6.33. The van der Waals surface area contributed by atoms with E-state index in [2.05, 4.69) is 10.3 Å². The fourth-order valence-electron chi connectivity index (χ4n) is 2.52. The Hall–Kier alpha value is -2.73. The molecule has 0 saturated heterocycles. The van der Waals surface area contributed by atoms with Crippen molar-refractivity contribution in [2.24, 2.45) is 0 Å². The third kappa shape index (κ3) is 3.69. The Kier molecular flexibility index (Phi) is 4.81. The average molecular weight is 360 g/mol. The zero-order valence-electron chi connectivity index (χ0n) is 13.4. The van der Waals surface area contributed by atoms with Crippen LogP contribution in [0.1, 0.15) is 12.0 Å². The van der Waals surface area contributed by atoms with Crippen molar-refractivity contribution >= 4 is 34.1 Å². The van der Waals surface area contributed by atoms with Crippen LogP contribution in [0, 0.1) is 12.7 Å². The SMILES string of the molecule is Cc1cccc2c(=O)n(CCC(=O)Nc3ccc(F)cc3Cl)cnc12. The summed E-state index contributed by atoms with van der Waals surface area (Å²) in [6, 6.07) is 9.13. The molecule has 0 saturated carbocycles. The van der Waals surface area contributed by atoms with Gasteiger partial charge >= 0.3 is 0 Å². The van der Waals surface area contributed by atoms with Crippen molar-refractivity contribution in [3.63, 3.8) is 0 Å². The van der Waals surface area contributed by atoms with Gasteiger partial charge in [0.15, 0.2) is 0 Å². The van der Waals surface area contributed by atoms with Crippen LogP contribution in [0.4, 0.5) is 10.1 Å². The van der Waals surface area contributed by atoms with E-state index < -0.39 is 5.82 Å². The number of anilines is 1. The van der Waals surface area contributed by atoms with Crippen LogP contribution in [0.2, 0.25) is 5.02 Å². The second-order valence-electron chi connectivity index (χ2n) is 5.64. The summed E-state index contributed by atoms with van der Waals surface area (Å²) in [4.78, 5) is 28.8. The maximum atomic E-state index is 13.0. The second kappa shape index (κ2) is 7.03. The minimum atomic E-state index is -0.480. The Morgan fingerprint density at radius 2 is 2.12 bits per heavy atom. The van der Waals surface area contributed by atoms with Crippen molar-refractivity contribution in [3.8, 4) is 0 Å². The predicted octanol–water partition coefficient (Wildman–Crippen LogP) is 3.53. The number of fused-ring (bicyclic) bond motifs is 1. The number of aryl methyl sites for hydroxylation is 2. The molecule has 0 atom stereocenters. The van der Waals surface area contributed by atoms with E-state index >= 15 is 0 Å². The molecule has 0 aliphatic rings. The molecule has 128 valence electrons. The van der Waals surface area contributed by atoms with Gasteiger partial charge in [-0.3, -0.25) is 14.2 Å². The number of nitrogens with one attached hydrogen (secondary N) is 1. The minimum absolute atomic E-state index is 0.0621. The van der Waals surface area contributed by atoms with Crippen molar-refractivity contribution < 1.29 is 9.18 Å². The molecular formula is C18H15ClFN3O2. The second-order valence-corrected chi connectivity index (χ2v) is 6.04. The largest absolute Gasteiger partial charge is 0.325 e. The highest BCUT2D eigenvalue weighted by Gasteiger charge is 2.10. The van der Waals surface area contributed by atoms with Gasteiger partial charge in [-0.2, -0.15) is 0 Å². The number of rotatable bonds is 4. The molecule has 0 aliphatic carbocycles. The quantitative estimate of drug-likeness (QED) is 0.775. The standard InChI is InChI=1S/C18H15ClFN3O2/c1-11-3-2-4-13-17(11)21-10-23(18(13)25)8-7-16(24)22-15-6-5-12(20)9-14(15)19/h2-6,9-10H,7-8H2,1H3,(H,22,24). The molecule has 5 nitrogen and oxygen atoms in total. The fraction of sp³-hybridized carbons (Fsp3) is 0.167. The predicted molar refractivity (Wildman–Crippen MR) is 95.4 cm³/mol. The fourth-order valence-corrected chi connectivity index (χ4v) is 2.74. The van der Waals surface area contributed by atoms with Gasteiger partial charge in [-0.25, -0.2) is 9.37 Å². The Morgan fingerprint density at radius 3 is 2.88 bits per heavy atom. The van der Waals surface area contributed by atoms with Gasteiger partial charge in [-0.05, 0) is 36.8 Å². The number of nitrogens with zero attached hydrogens (tertiary/aromatic N) is 2. The summed E-state index contributed by atoms with van der Waals surface area (Å²) in [7, 11) is 0. The van der Waals surface area contributed by atoms with Gasteiger partial charge in [-0.1, -0.05) is 23.7 Å². The molecule has 2 aromatic carbocycles. The maximum absolute atomic E-state index is 13.0. The van der Waals surface area contributed by atoms with Crippen LogP contribution in [-0.4, -0.2) is 15.5 Å². The molecule has 0 unspecified atom stereocenters. The van der Waals surface area contributed by atoms with Gasteiger partial charge in [0, 0.05) is 13.0 Å². The number of carbonyl (C=O) groups is 1. The number of hydrogen-bond donors (Lipinski definition) is 1. The lowest BCUT2D eigenvalue weighted by Crippen LogP contribution is -2.24. The van der Waals surface area contributed by atoms with Crippen LogP contribution in [0.15, 0.2) is 47.5 Å². The number of aromatic nitrogens is 2. The van der Waals surface area contributed by atoms with Crippen molar-refractivity contribution in [1.82, 2.24) is 9.55 Å². The molecule has 1 aromatic heterocycles. The highest BCUT2D eigenvalue weighted by atomic mass is 35.5. The lowest BCUT2D eigenvalue weighted by atomic mass is 10.1. The molecule has 7 heteroatoms. The Bertz CT molecular complexity index is 1020. The molecule has 3 rings (SSSR count). The van der Waals surface area contributed by atoms with Gasteiger partial charge in [0.05, 0.1) is 27.9 Å². The van der Waals surface area contributed by atoms with Crippen molar-refractivity contribution in [2.45, 2.75) is 19.9 Å². The molecule has 1 heterocycles. The highest BCUT2D eigenvalue weighted by Crippen LogP contribution is 2.22. The molecular weight excluding hydrogens is 345 g/mol. The number of hydrogen-bond acceptors (Lipinski definition) is 3. The summed E-state index contributed by atoms with van der Waals surface area (Å²) in [5.74, 6) is -0.808. The summed E-state index contributed by atoms with van der Waals surface area (Å²) < 4.78 is 14.4. The van der Waals surface area contributed by atoms with Crippen molar-refractivity contribution in [1.29, 1.82) is 0 Å². The zero-order valence-corrected chi connectivity index (χ0v) is 14.2. The van der Waals surface area contributed by atoms with E-state index in [1.165, 1.54) is 23.0 Å². The van der Waals surface area contributed by atoms with Crippen LogP contribution >= 0.6 is 11.6 Å². The molecule has 25 heavy (non-hydrogen) atoms. The molecule has 0 fully saturated rings. The topological polar surface area (TPSA) is 64.0 Å². The number of para-hydroxylation sites is 1. The third-order valence-electron chi connectivity index (χ3n) is 3.84. The lowest BCUT2D eigenvalue weighted by Gasteiger charge is -2.09. The molecule has 0 spiro atoms. The molecule has 0 radical (unpaired) electrons. The van der Waals surface area contributed by atoms with Gasteiger partial charge < -0.3 is 5.32 Å². The summed E-state index contributed by atoms with van der Waals surface area (Å²) in [6.07, 6.45) is 1.50. The summed E-state index contributed by atoms with van der Waals surface area (Å²) in [5, 5.41) is 3.24. The van der Waals surface area contributed by atoms with Crippen molar-refractivity contribution in [3.05, 3.63) is 69.5 Å². The van der Waals surface area contributed by atoms with E-state index in [1.54, 1.807) is 12.1 Å². The average Bonchev–Trinajstić information content (AvgIpc) is 2.57. The smallest absolute Gasteiger partial charge is 0.261 e. The van der Waals surface area contributed by atoms with Gasteiger partial charge in [0.25, 0.3) is 5.56 Å². The molecule has 0 aliphatic heterocycles. The maximum Gasteiger partial charge on any atom is 0.261 e. The first-order chi connectivity index (χ1) is 12.0. The number of benzene rings is 2. The first kappa shape index (κ1) is 17.1. The summed E-state index contributed by atoms with van der Waals surface area (Å²) in [6.45, 7) is 2.07.